The Kier molecular flexibility index (Phi) is 1.77. The molecule has 0 saturated carbocycles. The van der Waals surface area contributed by atoms with Crippen LogP contribution in [0.2, 0.25) is 0 Å². The largest absolute Gasteiger partial charge is 0.286 e. The molecule has 0 atom stereocenters. The monoisotopic (exact) mass is 221 g/mol. The molecule has 0 aliphatic rings. The van der Waals surface area contributed by atoms with Crippen LogP contribution < -0.4 is 4.57 Å². The molecular weight excluding hydrogens is 215 g/mol. The second-order valence-corrected chi connectivity index (χ2v) is 2.62. The maximum atomic E-state index is 3.90. The van der Waals surface area contributed by atoms with E-state index in [1.54, 1.807) is 12.5 Å². The van der Waals surface area contributed by atoms with Gasteiger partial charge >= 0.3 is 0 Å². The molecule has 8 heavy (non-hydrogen) atoms. The third kappa shape index (κ3) is 1.15. The van der Waals surface area contributed by atoms with E-state index in [1.165, 1.54) is 3.70 Å². The molecule has 0 aliphatic heterocycles. The lowest BCUT2D eigenvalue weighted by molar-refractivity contribution is -0.687. The van der Waals surface area contributed by atoms with Crippen LogP contribution in [0.3, 0.4) is 0 Å². The minimum Gasteiger partial charge on any atom is -0.228 e. The first-order valence-electron chi connectivity index (χ1n) is 2.26. The van der Waals surface area contributed by atoms with Crippen LogP contribution in [-0.2, 0) is 7.05 Å². The second-order valence-electron chi connectivity index (χ2n) is 1.51. The smallest absolute Gasteiger partial charge is 0.228 e. The highest BCUT2D eigenvalue weighted by Gasteiger charge is 1.93. The van der Waals surface area contributed by atoms with Crippen LogP contribution in [0.25, 0.3) is 0 Å². The lowest BCUT2D eigenvalue weighted by Gasteiger charge is -1.86. The molecule has 0 fully saturated rings. The van der Waals surface area contributed by atoms with Crippen LogP contribution in [0, 0.1) is 3.70 Å². The Labute approximate surface area is 61.7 Å². The van der Waals surface area contributed by atoms with Gasteiger partial charge in [-0.3, -0.25) is 0 Å². The first kappa shape index (κ1) is 5.94. The van der Waals surface area contributed by atoms with Crippen LogP contribution in [0.15, 0.2) is 18.6 Å². The Balaban J connectivity index is 3.13. The molecule has 0 unspecified atom stereocenters. The van der Waals surface area contributed by atoms with Crippen molar-refractivity contribution in [2.75, 3.05) is 0 Å². The molecule has 1 aromatic rings. The third-order valence-corrected chi connectivity index (χ3v) is 2.00. The van der Waals surface area contributed by atoms with Crippen molar-refractivity contribution >= 4 is 22.6 Å². The van der Waals surface area contributed by atoms with Crippen LogP contribution in [0.1, 0.15) is 0 Å². The van der Waals surface area contributed by atoms with Crippen molar-refractivity contribution in [3.63, 3.8) is 0 Å². The molecule has 0 bridgehead atoms. The van der Waals surface area contributed by atoms with Gasteiger partial charge in [-0.05, 0) is 0 Å². The lowest BCUT2D eigenvalue weighted by atomic mass is 10.7. The van der Waals surface area contributed by atoms with E-state index in [4.69, 9.17) is 0 Å². The molecule has 2 nitrogen and oxygen atoms in total. The molecule has 0 N–H and O–H groups in total. The van der Waals surface area contributed by atoms with Crippen LogP contribution in [0.5, 0.6) is 0 Å². The van der Waals surface area contributed by atoms with Crippen molar-refractivity contribution in [3.05, 3.63) is 22.3 Å². The topological polar surface area (TPSA) is 16.8 Å². The number of nitrogens with zero attached hydrogens (tertiary/aromatic N) is 2. The van der Waals surface area contributed by atoms with Crippen molar-refractivity contribution in [1.29, 1.82) is 0 Å². The van der Waals surface area contributed by atoms with Gasteiger partial charge in [0.25, 0.3) is 6.33 Å². The van der Waals surface area contributed by atoms with E-state index < -0.39 is 0 Å². The van der Waals surface area contributed by atoms with Crippen LogP contribution >= 0.6 is 22.6 Å². The summed E-state index contributed by atoms with van der Waals surface area (Å²) in [4.78, 5) is 3.90. The predicted molar refractivity (Wildman–Crippen MR) is 38.1 cm³/mol. The normalized spacial score (nSPS) is 9.25. The number of aromatic nitrogens is 2. The Morgan fingerprint density at radius 1 is 1.75 bits per heavy atom. The van der Waals surface area contributed by atoms with Crippen LogP contribution in [-0.4, -0.2) is 4.98 Å². The van der Waals surface area contributed by atoms with E-state index in [1.807, 2.05) is 17.7 Å². The van der Waals surface area contributed by atoms with E-state index in [2.05, 4.69) is 27.6 Å². The Bertz CT molecular complexity index is 167. The van der Waals surface area contributed by atoms with Crippen molar-refractivity contribution in [1.82, 2.24) is 4.98 Å². The molecule has 0 spiro atoms. The van der Waals surface area contributed by atoms with Crippen LogP contribution in [0.4, 0.5) is 0 Å². The molecule has 3 heteroatoms. The van der Waals surface area contributed by atoms with Gasteiger partial charge < -0.3 is 0 Å². The zero-order valence-corrected chi connectivity index (χ0v) is 6.66. The van der Waals surface area contributed by atoms with E-state index in [-0.39, 0.29) is 0 Å². The highest BCUT2D eigenvalue weighted by molar-refractivity contribution is 14.1. The Hall–Kier alpha value is -0.190. The highest BCUT2D eigenvalue weighted by atomic mass is 127. The van der Waals surface area contributed by atoms with Gasteiger partial charge in [0.2, 0.25) is 0 Å². The van der Waals surface area contributed by atoms with Gasteiger partial charge in [-0.2, -0.15) is 0 Å². The number of aryl methyl sites for hydroxylation is 1. The predicted octanol–water partition coefficient (Wildman–Crippen LogP) is 0.511. The second kappa shape index (κ2) is 2.39. The van der Waals surface area contributed by atoms with Crippen molar-refractivity contribution in [2.24, 2.45) is 7.05 Å². The summed E-state index contributed by atoms with van der Waals surface area (Å²) in [5, 5.41) is 0. The summed E-state index contributed by atoms with van der Waals surface area (Å²) in [6.07, 6.45) is 3.56. The van der Waals surface area contributed by atoms with E-state index in [0.717, 1.165) is 0 Å². The van der Waals surface area contributed by atoms with Crippen molar-refractivity contribution < 1.29 is 4.57 Å². The quantitative estimate of drug-likeness (QED) is 0.354. The average Bonchev–Trinajstić information content (AvgIpc) is 1.77. The maximum absolute atomic E-state index is 3.90. The van der Waals surface area contributed by atoms with E-state index >= 15 is 0 Å². The summed E-state index contributed by atoms with van der Waals surface area (Å²) < 4.78 is 3.15. The number of halogens is 1. The van der Waals surface area contributed by atoms with E-state index in [9.17, 15) is 0 Å². The summed E-state index contributed by atoms with van der Waals surface area (Å²) in [5.74, 6) is 0. The van der Waals surface area contributed by atoms with Gasteiger partial charge in [-0.25, -0.2) is 4.57 Å². The Morgan fingerprint density at radius 2 is 2.50 bits per heavy atom. The van der Waals surface area contributed by atoms with Gasteiger partial charge in [-0.15, -0.1) is 0 Å². The molecule has 0 aromatic carbocycles. The molecule has 1 rings (SSSR count). The highest BCUT2D eigenvalue weighted by Crippen LogP contribution is 1.90. The molecule has 0 amide bonds. The van der Waals surface area contributed by atoms with Crippen molar-refractivity contribution in [3.8, 4) is 0 Å². The number of hydrogen-bond acceptors (Lipinski definition) is 1. The summed E-state index contributed by atoms with van der Waals surface area (Å²) in [7, 11) is 1.97. The molecule has 0 radical (unpaired) electrons. The zero-order valence-electron chi connectivity index (χ0n) is 4.50. The molecule has 0 saturated heterocycles. The average molecular weight is 221 g/mol. The van der Waals surface area contributed by atoms with Gasteiger partial charge in [0.1, 0.15) is 6.20 Å². The fraction of sp³-hybridized carbons (Fsp3) is 0.200. The minimum absolute atomic E-state index is 1.19. The minimum atomic E-state index is 1.19. The SMILES string of the molecule is C[n+]1cnccc1I. The first-order chi connectivity index (χ1) is 3.80. The molecule has 0 aliphatic carbocycles. The zero-order chi connectivity index (χ0) is 5.98. The fourth-order valence-electron chi connectivity index (χ4n) is 0.416. The van der Waals surface area contributed by atoms with Gasteiger partial charge in [0.05, 0.1) is 7.05 Å². The van der Waals surface area contributed by atoms with Gasteiger partial charge in [0.15, 0.2) is 3.70 Å². The molecular formula is C5H6IN2+. The number of hydrogen-bond donors (Lipinski definition) is 0. The van der Waals surface area contributed by atoms with Gasteiger partial charge in [-0.1, -0.05) is 4.98 Å². The fourth-order valence-corrected chi connectivity index (χ4v) is 0.701. The molecule has 42 valence electrons. The summed E-state index contributed by atoms with van der Waals surface area (Å²) >= 11 is 2.25. The third-order valence-electron chi connectivity index (χ3n) is 0.875. The first-order valence-corrected chi connectivity index (χ1v) is 3.34. The maximum Gasteiger partial charge on any atom is 0.286 e. The summed E-state index contributed by atoms with van der Waals surface area (Å²) in [6.45, 7) is 0. The van der Waals surface area contributed by atoms with Gasteiger partial charge in [0, 0.05) is 28.7 Å². The Morgan fingerprint density at radius 3 is 2.88 bits per heavy atom. The van der Waals surface area contributed by atoms with Crippen molar-refractivity contribution in [2.45, 2.75) is 0 Å². The standard InChI is InChI=1S/C5H6IN2/c1-8-4-7-3-2-5(8)6/h2-4H,1H3/q+1. The lowest BCUT2D eigenvalue weighted by Crippen LogP contribution is -2.31. The number of rotatable bonds is 0. The molecule has 1 heterocycles. The molecule has 1 aromatic heterocycles. The summed E-state index contributed by atoms with van der Waals surface area (Å²) in [5.41, 5.74) is 0. The summed E-state index contributed by atoms with van der Waals surface area (Å²) in [6, 6.07) is 1.96. The van der Waals surface area contributed by atoms with E-state index in [0.29, 0.717) is 0 Å².